The van der Waals surface area contributed by atoms with E-state index in [1.807, 2.05) is 49.3 Å². The maximum atomic E-state index is 12.3. The number of carbonyl (C=O) groups is 1. The predicted octanol–water partition coefficient (Wildman–Crippen LogP) is 2.51. The fourth-order valence-electron chi connectivity index (χ4n) is 2.04. The Hall–Kier alpha value is -2.40. The van der Waals surface area contributed by atoms with Crippen LogP contribution >= 0.6 is 0 Å². The molecule has 0 saturated heterocycles. The number of rotatable bonds is 6. The average molecular weight is 298 g/mol. The zero-order valence-corrected chi connectivity index (χ0v) is 13.3. The lowest BCUT2D eigenvalue weighted by atomic mass is 10.1. The summed E-state index contributed by atoms with van der Waals surface area (Å²) in [5.41, 5.74) is 2.43. The van der Waals surface area contributed by atoms with E-state index in [9.17, 15) is 4.79 Å². The minimum atomic E-state index is -0.151. The highest BCUT2D eigenvalue weighted by molar-refractivity contribution is 6.04. The van der Waals surface area contributed by atoms with Crippen LogP contribution in [-0.4, -0.2) is 31.5 Å². The zero-order valence-electron chi connectivity index (χ0n) is 13.3. The highest BCUT2D eigenvalue weighted by Crippen LogP contribution is 2.16. The molecule has 2 rings (SSSR count). The fourth-order valence-corrected chi connectivity index (χ4v) is 2.04. The molecule has 2 N–H and O–H groups in total. The first kappa shape index (κ1) is 16.0. The number of amides is 1. The molecule has 0 fully saturated rings. The normalized spacial score (nSPS) is 10.3. The number of nitrogens with zero attached hydrogens (tertiary/aromatic N) is 2. The number of anilines is 2. The van der Waals surface area contributed by atoms with Crippen LogP contribution in [0, 0.1) is 0 Å². The van der Waals surface area contributed by atoms with Crippen LogP contribution in [0.1, 0.15) is 22.8 Å². The fraction of sp³-hybridized carbons (Fsp3) is 0.294. The highest BCUT2D eigenvalue weighted by Gasteiger charge is 2.09. The summed E-state index contributed by atoms with van der Waals surface area (Å²) in [6.45, 7) is 3.67. The quantitative estimate of drug-likeness (QED) is 0.860. The molecule has 0 saturated carbocycles. The number of nitrogens with one attached hydrogen (secondary N) is 2. The molecule has 0 aliphatic heterocycles. The number of hydrogen-bond donors (Lipinski definition) is 2. The van der Waals surface area contributed by atoms with Crippen molar-refractivity contribution in [1.29, 1.82) is 0 Å². The molecule has 1 aromatic heterocycles. The van der Waals surface area contributed by atoms with Crippen molar-refractivity contribution in [2.24, 2.45) is 0 Å². The highest BCUT2D eigenvalue weighted by atomic mass is 16.1. The molecule has 0 unspecified atom stereocenters. The molecule has 0 radical (unpaired) electrons. The summed E-state index contributed by atoms with van der Waals surface area (Å²) in [6, 6.07) is 11.4. The Balaban J connectivity index is 2.11. The molecule has 2 aromatic rings. The maximum Gasteiger partial charge on any atom is 0.257 e. The molecule has 1 aromatic carbocycles. The number of pyridine rings is 1. The number of carbonyl (C=O) groups excluding carboxylic acids is 1. The maximum absolute atomic E-state index is 12.3. The first-order valence-corrected chi connectivity index (χ1v) is 7.35. The van der Waals surface area contributed by atoms with Crippen LogP contribution in [0.2, 0.25) is 0 Å². The minimum absolute atomic E-state index is 0.151. The second kappa shape index (κ2) is 7.56. The number of para-hydroxylation sites is 1. The van der Waals surface area contributed by atoms with Gasteiger partial charge in [-0.1, -0.05) is 25.1 Å². The van der Waals surface area contributed by atoms with E-state index in [0.29, 0.717) is 5.56 Å². The van der Waals surface area contributed by atoms with Crippen LogP contribution in [0.3, 0.4) is 0 Å². The Bertz CT molecular complexity index is 623. The van der Waals surface area contributed by atoms with Gasteiger partial charge >= 0.3 is 0 Å². The summed E-state index contributed by atoms with van der Waals surface area (Å²) in [7, 11) is 3.83. The molecule has 116 valence electrons. The summed E-state index contributed by atoms with van der Waals surface area (Å²) < 4.78 is 0. The second-order valence-corrected chi connectivity index (χ2v) is 5.19. The minimum Gasteiger partial charge on any atom is -0.363 e. The van der Waals surface area contributed by atoms with Crippen molar-refractivity contribution >= 4 is 17.4 Å². The average Bonchev–Trinajstić information content (AvgIpc) is 2.54. The van der Waals surface area contributed by atoms with Gasteiger partial charge in [0.2, 0.25) is 0 Å². The topological polar surface area (TPSA) is 57.3 Å². The van der Waals surface area contributed by atoms with Crippen LogP contribution in [0.25, 0.3) is 0 Å². The van der Waals surface area contributed by atoms with Gasteiger partial charge in [0.05, 0.1) is 5.56 Å². The molecule has 22 heavy (non-hydrogen) atoms. The first-order valence-electron chi connectivity index (χ1n) is 7.35. The third-order valence-electron chi connectivity index (χ3n) is 3.30. The van der Waals surface area contributed by atoms with Gasteiger partial charge in [-0.3, -0.25) is 4.79 Å². The Kier molecular flexibility index (Phi) is 5.49. The van der Waals surface area contributed by atoms with E-state index in [2.05, 4.69) is 22.5 Å². The molecule has 5 nitrogen and oxygen atoms in total. The van der Waals surface area contributed by atoms with Crippen molar-refractivity contribution in [3.8, 4) is 0 Å². The van der Waals surface area contributed by atoms with E-state index in [1.54, 1.807) is 12.3 Å². The van der Waals surface area contributed by atoms with Crippen molar-refractivity contribution in [2.45, 2.75) is 13.5 Å². The molecule has 0 bridgehead atoms. The Morgan fingerprint density at radius 1 is 1.18 bits per heavy atom. The SMILES string of the molecule is CCNCc1ccccc1NC(=O)c1ccc(N(C)C)nc1. The lowest BCUT2D eigenvalue weighted by Crippen LogP contribution is -2.17. The van der Waals surface area contributed by atoms with E-state index in [-0.39, 0.29) is 5.91 Å². The van der Waals surface area contributed by atoms with E-state index in [4.69, 9.17) is 0 Å². The molecule has 0 aliphatic rings. The molecule has 1 amide bonds. The van der Waals surface area contributed by atoms with Crippen molar-refractivity contribution in [3.63, 3.8) is 0 Å². The van der Waals surface area contributed by atoms with Gasteiger partial charge in [-0.2, -0.15) is 0 Å². The van der Waals surface area contributed by atoms with E-state index in [1.165, 1.54) is 0 Å². The summed E-state index contributed by atoms with van der Waals surface area (Å²) in [5, 5.41) is 6.22. The monoisotopic (exact) mass is 298 g/mol. The third kappa shape index (κ3) is 4.05. The van der Waals surface area contributed by atoms with E-state index >= 15 is 0 Å². The number of benzene rings is 1. The zero-order chi connectivity index (χ0) is 15.9. The van der Waals surface area contributed by atoms with Crippen LogP contribution < -0.4 is 15.5 Å². The first-order chi connectivity index (χ1) is 10.6. The molecule has 0 aliphatic carbocycles. The third-order valence-corrected chi connectivity index (χ3v) is 3.30. The van der Waals surface area contributed by atoms with Crippen LogP contribution in [0.15, 0.2) is 42.6 Å². The van der Waals surface area contributed by atoms with Gasteiger partial charge in [0, 0.05) is 32.5 Å². The summed E-state index contributed by atoms with van der Waals surface area (Å²) in [5.74, 6) is 0.672. The van der Waals surface area contributed by atoms with Gasteiger partial charge in [-0.25, -0.2) is 4.98 Å². The lowest BCUT2D eigenvalue weighted by molar-refractivity contribution is 0.102. The Morgan fingerprint density at radius 3 is 2.59 bits per heavy atom. The van der Waals surface area contributed by atoms with Crippen molar-refractivity contribution in [2.75, 3.05) is 30.9 Å². The number of aromatic nitrogens is 1. The van der Waals surface area contributed by atoms with Gasteiger partial charge in [-0.15, -0.1) is 0 Å². The number of hydrogen-bond acceptors (Lipinski definition) is 4. The van der Waals surface area contributed by atoms with E-state index in [0.717, 1.165) is 30.2 Å². The second-order valence-electron chi connectivity index (χ2n) is 5.19. The molecular formula is C17H22N4O. The predicted molar refractivity (Wildman–Crippen MR) is 90.3 cm³/mol. The molecule has 1 heterocycles. The van der Waals surface area contributed by atoms with Crippen LogP contribution in [0.4, 0.5) is 11.5 Å². The van der Waals surface area contributed by atoms with Gasteiger partial charge in [0.15, 0.2) is 0 Å². The standard InChI is InChI=1S/C17H22N4O/c1-4-18-11-13-7-5-6-8-15(13)20-17(22)14-9-10-16(19-12-14)21(2)3/h5-10,12,18H,4,11H2,1-3H3,(H,20,22). The lowest BCUT2D eigenvalue weighted by Gasteiger charge is -2.13. The Labute approximate surface area is 131 Å². The molecular weight excluding hydrogens is 276 g/mol. The smallest absolute Gasteiger partial charge is 0.257 e. The van der Waals surface area contributed by atoms with E-state index < -0.39 is 0 Å². The summed E-state index contributed by atoms with van der Waals surface area (Å²) >= 11 is 0. The van der Waals surface area contributed by atoms with Gasteiger partial charge in [-0.05, 0) is 30.3 Å². The van der Waals surface area contributed by atoms with Crippen molar-refractivity contribution in [3.05, 3.63) is 53.7 Å². The molecule has 0 spiro atoms. The van der Waals surface area contributed by atoms with Crippen molar-refractivity contribution < 1.29 is 4.79 Å². The molecule has 5 heteroatoms. The van der Waals surface area contributed by atoms with Crippen LogP contribution in [-0.2, 0) is 6.54 Å². The summed E-state index contributed by atoms with van der Waals surface area (Å²) in [4.78, 5) is 18.5. The van der Waals surface area contributed by atoms with Gasteiger partial charge in [0.1, 0.15) is 5.82 Å². The summed E-state index contributed by atoms with van der Waals surface area (Å²) in [6.07, 6.45) is 1.59. The van der Waals surface area contributed by atoms with Crippen LogP contribution in [0.5, 0.6) is 0 Å². The van der Waals surface area contributed by atoms with Gasteiger partial charge in [0.25, 0.3) is 5.91 Å². The van der Waals surface area contributed by atoms with Gasteiger partial charge < -0.3 is 15.5 Å². The largest absolute Gasteiger partial charge is 0.363 e. The van der Waals surface area contributed by atoms with Crippen molar-refractivity contribution in [1.82, 2.24) is 10.3 Å². The Morgan fingerprint density at radius 2 is 1.95 bits per heavy atom. The molecule has 0 atom stereocenters.